The molecule has 0 aliphatic carbocycles. The molecule has 5 heteroatoms. The van der Waals surface area contributed by atoms with Crippen molar-refractivity contribution in [3.8, 4) is 0 Å². The molecule has 1 aliphatic heterocycles. The van der Waals surface area contributed by atoms with E-state index in [1.807, 2.05) is 6.92 Å². The summed E-state index contributed by atoms with van der Waals surface area (Å²) in [7, 11) is 0. The van der Waals surface area contributed by atoms with Crippen molar-refractivity contribution in [1.29, 1.82) is 0 Å². The van der Waals surface area contributed by atoms with Crippen LogP contribution in [0.1, 0.15) is 18.7 Å². The summed E-state index contributed by atoms with van der Waals surface area (Å²) >= 11 is 0. The summed E-state index contributed by atoms with van der Waals surface area (Å²) in [5.74, 6) is -0.265. The van der Waals surface area contributed by atoms with Gasteiger partial charge in [0.2, 0.25) is 0 Å². The summed E-state index contributed by atoms with van der Waals surface area (Å²) in [5.41, 5.74) is 0.839. The molecule has 0 saturated heterocycles. The Morgan fingerprint density at radius 1 is 1.47 bits per heavy atom. The van der Waals surface area contributed by atoms with Crippen LogP contribution in [0.4, 0.5) is 4.39 Å². The number of nitrogens with one attached hydrogen (secondary N) is 1. The minimum absolute atomic E-state index is 0.265. The minimum Gasteiger partial charge on any atom is -0.463 e. The van der Waals surface area contributed by atoms with E-state index in [9.17, 15) is 4.39 Å². The Morgan fingerprint density at radius 2 is 2.24 bits per heavy atom. The summed E-state index contributed by atoms with van der Waals surface area (Å²) in [4.78, 5) is 4.13. The van der Waals surface area contributed by atoms with Crippen LogP contribution >= 0.6 is 0 Å². The van der Waals surface area contributed by atoms with Gasteiger partial charge in [-0.2, -0.15) is 0 Å². The van der Waals surface area contributed by atoms with E-state index in [2.05, 4.69) is 10.3 Å². The molecular formula is C12H15FN2O2. The van der Waals surface area contributed by atoms with Crippen LogP contribution in [0.2, 0.25) is 0 Å². The fourth-order valence-corrected chi connectivity index (χ4v) is 1.56. The maximum absolute atomic E-state index is 12.8. The second-order valence-corrected chi connectivity index (χ2v) is 3.57. The lowest BCUT2D eigenvalue weighted by atomic mass is 10.2. The molecule has 0 unspecified atom stereocenters. The van der Waals surface area contributed by atoms with E-state index in [0.29, 0.717) is 25.8 Å². The quantitative estimate of drug-likeness (QED) is 0.814. The van der Waals surface area contributed by atoms with E-state index >= 15 is 0 Å². The van der Waals surface area contributed by atoms with Crippen LogP contribution in [0.3, 0.4) is 0 Å². The highest BCUT2D eigenvalue weighted by Gasteiger charge is 2.16. The Labute approximate surface area is 99.5 Å². The number of aliphatic imine (C=N–C) groups is 1. The van der Waals surface area contributed by atoms with Gasteiger partial charge in [-0.1, -0.05) is 12.1 Å². The Morgan fingerprint density at radius 3 is 2.82 bits per heavy atom. The largest absolute Gasteiger partial charge is 0.463 e. The first-order chi connectivity index (χ1) is 8.29. The average molecular weight is 238 g/mol. The van der Waals surface area contributed by atoms with Crippen LogP contribution in [-0.2, 0) is 9.47 Å². The van der Waals surface area contributed by atoms with Crippen LogP contribution in [0.5, 0.6) is 0 Å². The highest BCUT2D eigenvalue weighted by molar-refractivity contribution is 5.75. The monoisotopic (exact) mass is 238 g/mol. The molecule has 0 spiro atoms. The number of benzene rings is 1. The second kappa shape index (κ2) is 5.63. The summed E-state index contributed by atoms with van der Waals surface area (Å²) in [6.07, 6.45) is -0.363. The van der Waals surface area contributed by atoms with Crippen LogP contribution < -0.4 is 5.32 Å². The SMILES string of the molecule is CCO[C@H](NC1=NCCO1)c1ccc(F)cc1. The number of rotatable bonds is 4. The van der Waals surface area contributed by atoms with E-state index in [1.54, 1.807) is 12.1 Å². The number of halogens is 1. The zero-order valence-electron chi connectivity index (χ0n) is 9.65. The van der Waals surface area contributed by atoms with Gasteiger partial charge in [0.25, 0.3) is 6.02 Å². The predicted molar refractivity (Wildman–Crippen MR) is 62.2 cm³/mol. The van der Waals surface area contributed by atoms with Crippen molar-refractivity contribution in [2.75, 3.05) is 19.8 Å². The maximum Gasteiger partial charge on any atom is 0.287 e. The number of hydrogen-bond acceptors (Lipinski definition) is 4. The number of nitrogens with zero attached hydrogens (tertiary/aromatic N) is 1. The fraction of sp³-hybridized carbons (Fsp3) is 0.417. The molecule has 2 rings (SSSR count). The number of hydrogen-bond donors (Lipinski definition) is 1. The molecule has 1 heterocycles. The molecule has 1 aliphatic rings. The van der Waals surface area contributed by atoms with Gasteiger partial charge in [-0.25, -0.2) is 9.38 Å². The smallest absolute Gasteiger partial charge is 0.287 e. The molecule has 4 nitrogen and oxygen atoms in total. The summed E-state index contributed by atoms with van der Waals surface area (Å²) < 4.78 is 23.6. The van der Waals surface area contributed by atoms with Gasteiger partial charge in [0.05, 0.1) is 6.54 Å². The summed E-state index contributed by atoms with van der Waals surface area (Å²) in [6, 6.07) is 6.64. The Bertz CT molecular complexity index is 392. The molecule has 0 saturated carbocycles. The zero-order valence-corrected chi connectivity index (χ0v) is 9.65. The first kappa shape index (κ1) is 11.9. The van der Waals surface area contributed by atoms with Gasteiger partial charge in [0, 0.05) is 12.2 Å². The van der Waals surface area contributed by atoms with Crippen LogP contribution in [0, 0.1) is 5.82 Å². The molecule has 17 heavy (non-hydrogen) atoms. The van der Waals surface area contributed by atoms with Gasteiger partial charge in [-0.05, 0) is 19.1 Å². The minimum atomic E-state index is -0.363. The van der Waals surface area contributed by atoms with E-state index in [0.717, 1.165) is 5.56 Å². The molecule has 1 aromatic rings. The van der Waals surface area contributed by atoms with Crippen molar-refractivity contribution in [3.05, 3.63) is 35.6 Å². The zero-order chi connectivity index (χ0) is 12.1. The lowest BCUT2D eigenvalue weighted by molar-refractivity contribution is 0.0469. The fourth-order valence-electron chi connectivity index (χ4n) is 1.56. The normalized spacial score (nSPS) is 16.2. The standard InChI is InChI=1S/C12H15FN2O2/c1-2-16-11(15-12-14-7-8-17-12)9-3-5-10(13)6-4-9/h3-6,11H,2,7-8H2,1H3,(H,14,15)/t11-/m0/s1. The third-order valence-corrected chi connectivity index (χ3v) is 2.35. The molecular weight excluding hydrogens is 223 g/mol. The van der Waals surface area contributed by atoms with Crippen molar-refractivity contribution in [2.24, 2.45) is 4.99 Å². The van der Waals surface area contributed by atoms with E-state index in [-0.39, 0.29) is 12.0 Å². The third-order valence-electron chi connectivity index (χ3n) is 2.35. The van der Waals surface area contributed by atoms with Gasteiger partial charge >= 0.3 is 0 Å². The van der Waals surface area contributed by atoms with Crippen LogP contribution in [0.25, 0.3) is 0 Å². The van der Waals surface area contributed by atoms with Gasteiger partial charge in [0.1, 0.15) is 12.4 Å². The van der Waals surface area contributed by atoms with Crippen molar-refractivity contribution in [1.82, 2.24) is 5.32 Å². The highest BCUT2D eigenvalue weighted by Crippen LogP contribution is 2.15. The molecule has 1 aromatic carbocycles. The van der Waals surface area contributed by atoms with E-state index in [4.69, 9.17) is 9.47 Å². The summed E-state index contributed by atoms with van der Waals surface area (Å²) in [5, 5.41) is 3.04. The molecule has 1 N–H and O–H groups in total. The molecule has 0 bridgehead atoms. The van der Waals surface area contributed by atoms with Crippen molar-refractivity contribution in [2.45, 2.75) is 13.2 Å². The van der Waals surface area contributed by atoms with Crippen LogP contribution in [-0.4, -0.2) is 25.8 Å². The first-order valence-corrected chi connectivity index (χ1v) is 5.60. The van der Waals surface area contributed by atoms with Gasteiger partial charge < -0.3 is 14.8 Å². The van der Waals surface area contributed by atoms with Crippen molar-refractivity contribution >= 4 is 6.02 Å². The predicted octanol–water partition coefficient (Wildman–Crippen LogP) is 1.84. The molecule has 92 valence electrons. The topological polar surface area (TPSA) is 42.8 Å². The van der Waals surface area contributed by atoms with E-state index < -0.39 is 0 Å². The molecule has 0 fully saturated rings. The Hall–Kier alpha value is -1.62. The maximum atomic E-state index is 12.8. The molecule has 1 atom stereocenters. The first-order valence-electron chi connectivity index (χ1n) is 5.60. The highest BCUT2D eigenvalue weighted by atomic mass is 19.1. The van der Waals surface area contributed by atoms with Gasteiger partial charge in [-0.15, -0.1) is 0 Å². The molecule has 0 aromatic heterocycles. The number of amidine groups is 1. The average Bonchev–Trinajstić information content (AvgIpc) is 2.82. The Balaban J connectivity index is 2.07. The summed E-state index contributed by atoms with van der Waals surface area (Å²) in [6.45, 7) is 3.69. The lowest BCUT2D eigenvalue weighted by Crippen LogP contribution is -2.30. The van der Waals surface area contributed by atoms with Crippen LogP contribution in [0.15, 0.2) is 29.3 Å². The molecule has 0 amide bonds. The molecule has 0 radical (unpaired) electrons. The van der Waals surface area contributed by atoms with Gasteiger partial charge in [-0.3, -0.25) is 0 Å². The van der Waals surface area contributed by atoms with Gasteiger partial charge in [0.15, 0.2) is 6.23 Å². The number of ether oxygens (including phenoxy) is 2. The van der Waals surface area contributed by atoms with E-state index in [1.165, 1.54) is 12.1 Å². The lowest BCUT2D eigenvalue weighted by Gasteiger charge is -2.19. The third kappa shape index (κ3) is 3.17. The van der Waals surface area contributed by atoms with Crippen molar-refractivity contribution in [3.63, 3.8) is 0 Å². The Kier molecular flexibility index (Phi) is 3.93. The van der Waals surface area contributed by atoms with Crippen molar-refractivity contribution < 1.29 is 13.9 Å². The second-order valence-electron chi connectivity index (χ2n) is 3.57.